The first kappa shape index (κ1) is 15.1. The molecule has 0 aromatic carbocycles. The molecule has 1 saturated carbocycles. The molecule has 2 aliphatic rings. The Balaban J connectivity index is 1.42. The van der Waals surface area contributed by atoms with E-state index in [4.69, 9.17) is 4.42 Å². The van der Waals surface area contributed by atoms with Crippen LogP contribution in [0.3, 0.4) is 0 Å². The molecule has 0 spiro atoms. The highest BCUT2D eigenvalue weighted by Crippen LogP contribution is 2.29. The highest BCUT2D eigenvalue weighted by molar-refractivity contribution is 5.94. The largest absolute Gasteiger partial charge is 0.459 e. The molecule has 1 aliphatic carbocycles. The molecule has 1 aliphatic heterocycles. The molecule has 2 heterocycles. The van der Waals surface area contributed by atoms with Crippen molar-refractivity contribution in [2.45, 2.75) is 19.3 Å². The SMILES string of the molecule is O=C(NCC(=O)N1CCCN(CC2CC2)CC1)c1ccco1. The molecular formula is C16H23N3O3. The van der Waals surface area contributed by atoms with Gasteiger partial charge in [0.25, 0.3) is 5.91 Å². The Labute approximate surface area is 130 Å². The highest BCUT2D eigenvalue weighted by Gasteiger charge is 2.26. The maximum atomic E-state index is 12.2. The minimum atomic E-state index is -0.344. The second-order valence-electron chi connectivity index (χ2n) is 6.14. The summed E-state index contributed by atoms with van der Waals surface area (Å²) in [6.07, 6.45) is 5.17. The monoisotopic (exact) mass is 305 g/mol. The van der Waals surface area contributed by atoms with Gasteiger partial charge in [-0.25, -0.2) is 0 Å². The number of carbonyl (C=O) groups is 2. The Morgan fingerprint density at radius 2 is 2.09 bits per heavy atom. The second kappa shape index (κ2) is 6.96. The second-order valence-corrected chi connectivity index (χ2v) is 6.14. The molecule has 22 heavy (non-hydrogen) atoms. The number of rotatable bonds is 5. The van der Waals surface area contributed by atoms with Crippen molar-refractivity contribution in [3.8, 4) is 0 Å². The fraction of sp³-hybridized carbons (Fsp3) is 0.625. The van der Waals surface area contributed by atoms with Crippen molar-refractivity contribution in [2.24, 2.45) is 5.92 Å². The Morgan fingerprint density at radius 3 is 2.82 bits per heavy atom. The van der Waals surface area contributed by atoms with Crippen LogP contribution < -0.4 is 5.32 Å². The summed E-state index contributed by atoms with van der Waals surface area (Å²) in [5.41, 5.74) is 0. The Morgan fingerprint density at radius 1 is 1.23 bits per heavy atom. The van der Waals surface area contributed by atoms with Crippen LogP contribution in [-0.4, -0.2) is 60.9 Å². The molecule has 1 aromatic rings. The van der Waals surface area contributed by atoms with E-state index in [2.05, 4.69) is 10.2 Å². The molecule has 0 bridgehead atoms. The van der Waals surface area contributed by atoms with Gasteiger partial charge < -0.3 is 19.5 Å². The van der Waals surface area contributed by atoms with Gasteiger partial charge in [0, 0.05) is 26.2 Å². The van der Waals surface area contributed by atoms with E-state index >= 15 is 0 Å². The van der Waals surface area contributed by atoms with Gasteiger partial charge >= 0.3 is 0 Å². The van der Waals surface area contributed by atoms with Gasteiger partial charge in [0.05, 0.1) is 12.8 Å². The third-order valence-electron chi connectivity index (χ3n) is 4.30. The van der Waals surface area contributed by atoms with Gasteiger partial charge in [-0.05, 0) is 43.9 Å². The Kier molecular flexibility index (Phi) is 4.77. The van der Waals surface area contributed by atoms with E-state index in [1.54, 1.807) is 12.1 Å². The maximum absolute atomic E-state index is 12.2. The molecular weight excluding hydrogens is 282 g/mol. The van der Waals surface area contributed by atoms with Gasteiger partial charge in [-0.15, -0.1) is 0 Å². The summed E-state index contributed by atoms with van der Waals surface area (Å²) in [6.45, 7) is 4.74. The molecule has 0 radical (unpaired) electrons. The van der Waals surface area contributed by atoms with Crippen molar-refractivity contribution in [2.75, 3.05) is 39.3 Å². The van der Waals surface area contributed by atoms with Crippen molar-refractivity contribution in [3.05, 3.63) is 24.2 Å². The summed E-state index contributed by atoms with van der Waals surface area (Å²) in [5, 5.41) is 2.62. The third-order valence-corrected chi connectivity index (χ3v) is 4.30. The van der Waals surface area contributed by atoms with Gasteiger partial charge in [-0.3, -0.25) is 9.59 Å². The smallest absolute Gasteiger partial charge is 0.287 e. The normalized spacial score (nSPS) is 19.7. The van der Waals surface area contributed by atoms with Crippen LogP contribution in [0.15, 0.2) is 22.8 Å². The Bertz CT molecular complexity index is 511. The summed E-state index contributed by atoms with van der Waals surface area (Å²) in [7, 11) is 0. The van der Waals surface area contributed by atoms with Gasteiger partial charge in [-0.1, -0.05) is 0 Å². The number of nitrogens with one attached hydrogen (secondary N) is 1. The quantitative estimate of drug-likeness (QED) is 0.880. The molecule has 2 amide bonds. The van der Waals surface area contributed by atoms with Crippen LogP contribution in [0.25, 0.3) is 0 Å². The fourth-order valence-corrected chi connectivity index (χ4v) is 2.83. The minimum Gasteiger partial charge on any atom is -0.459 e. The van der Waals surface area contributed by atoms with Crippen molar-refractivity contribution in [3.63, 3.8) is 0 Å². The zero-order valence-corrected chi connectivity index (χ0v) is 12.8. The molecule has 3 rings (SSSR count). The molecule has 1 N–H and O–H groups in total. The standard InChI is InChI=1S/C16H23N3O3/c20-15(11-17-16(21)14-3-1-10-22-14)19-7-2-6-18(8-9-19)12-13-4-5-13/h1,3,10,13H,2,4-9,11-12H2,(H,17,21). The van der Waals surface area contributed by atoms with Gasteiger partial charge in [0.2, 0.25) is 5.91 Å². The lowest BCUT2D eigenvalue weighted by atomic mass is 10.3. The van der Waals surface area contributed by atoms with Crippen LogP contribution in [0.2, 0.25) is 0 Å². The summed E-state index contributed by atoms with van der Waals surface area (Å²) in [5.74, 6) is 0.755. The van der Waals surface area contributed by atoms with Crippen LogP contribution in [0.4, 0.5) is 0 Å². The van der Waals surface area contributed by atoms with E-state index in [-0.39, 0.29) is 24.1 Å². The predicted octanol–water partition coefficient (Wildman–Crippen LogP) is 0.954. The minimum absolute atomic E-state index is 0.0202. The lowest BCUT2D eigenvalue weighted by molar-refractivity contribution is -0.130. The first-order chi connectivity index (χ1) is 10.7. The Hall–Kier alpha value is -1.82. The summed E-state index contributed by atoms with van der Waals surface area (Å²) < 4.78 is 5.01. The van der Waals surface area contributed by atoms with Crippen molar-refractivity contribution in [1.82, 2.24) is 15.1 Å². The first-order valence-electron chi connectivity index (χ1n) is 8.04. The van der Waals surface area contributed by atoms with Crippen LogP contribution >= 0.6 is 0 Å². The first-order valence-corrected chi connectivity index (χ1v) is 8.04. The molecule has 0 atom stereocenters. The van der Waals surface area contributed by atoms with Gasteiger partial charge in [0.1, 0.15) is 0 Å². The molecule has 0 unspecified atom stereocenters. The van der Waals surface area contributed by atoms with Crippen LogP contribution in [0.1, 0.15) is 29.8 Å². The average Bonchev–Trinajstić information content (AvgIpc) is 3.23. The lowest BCUT2D eigenvalue weighted by Gasteiger charge is -2.22. The van der Waals surface area contributed by atoms with Crippen LogP contribution in [0, 0.1) is 5.92 Å². The van der Waals surface area contributed by atoms with Crippen LogP contribution in [-0.2, 0) is 4.79 Å². The van der Waals surface area contributed by atoms with E-state index < -0.39 is 0 Å². The van der Waals surface area contributed by atoms with E-state index in [0.29, 0.717) is 0 Å². The molecule has 2 fully saturated rings. The third kappa shape index (κ3) is 4.10. The number of furan rings is 1. The molecule has 1 aromatic heterocycles. The molecule has 6 nitrogen and oxygen atoms in total. The highest BCUT2D eigenvalue weighted by atomic mass is 16.3. The molecule has 1 saturated heterocycles. The van der Waals surface area contributed by atoms with Crippen molar-refractivity contribution in [1.29, 1.82) is 0 Å². The number of carbonyl (C=O) groups excluding carboxylic acids is 2. The topological polar surface area (TPSA) is 65.8 Å². The summed E-state index contributed by atoms with van der Waals surface area (Å²) in [6, 6.07) is 3.24. The zero-order chi connectivity index (χ0) is 15.4. The van der Waals surface area contributed by atoms with Gasteiger partial charge in [-0.2, -0.15) is 0 Å². The summed E-state index contributed by atoms with van der Waals surface area (Å²) in [4.78, 5) is 28.3. The number of hydrogen-bond donors (Lipinski definition) is 1. The zero-order valence-electron chi connectivity index (χ0n) is 12.8. The van der Waals surface area contributed by atoms with E-state index in [0.717, 1.165) is 38.5 Å². The molecule has 6 heteroatoms. The lowest BCUT2D eigenvalue weighted by Crippen LogP contribution is -2.42. The van der Waals surface area contributed by atoms with E-state index in [9.17, 15) is 9.59 Å². The van der Waals surface area contributed by atoms with E-state index in [1.165, 1.54) is 25.6 Å². The summed E-state index contributed by atoms with van der Waals surface area (Å²) >= 11 is 0. The van der Waals surface area contributed by atoms with E-state index in [1.807, 2.05) is 4.90 Å². The van der Waals surface area contributed by atoms with Gasteiger partial charge in [0.15, 0.2) is 5.76 Å². The number of nitrogens with zero attached hydrogens (tertiary/aromatic N) is 2. The number of amides is 2. The van der Waals surface area contributed by atoms with Crippen molar-refractivity contribution >= 4 is 11.8 Å². The predicted molar refractivity (Wildman–Crippen MR) is 81.4 cm³/mol. The average molecular weight is 305 g/mol. The molecule has 120 valence electrons. The number of hydrogen-bond acceptors (Lipinski definition) is 4. The fourth-order valence-electron chi connectivity index (χ4n) is 2.83. The van der Waals surface area contributed by atoms with Crippen molar-refractivity contribution < 1.29 is 14.0 Å². The van der Waals surface area contributed by atoms with Crippen LogP contribution in [0.5, 0.6) is 0 Å². The maximum Gasteiger partial charge on any atom is 0.287 e.